The average Bonchev–Trinajstić information content (AvgIpc) is 2.84. The van der Waals surface area contributed by atoms with Crippen molar-refractivity contribution in [2.45, 2.75) is 26.4 Å². The summed E-state index contributed by atoms with van der Waals surface area (Å²) in [5, 5.41) is 7.05. The van der Waals surface area contributed by atoms with E-state index in [1.165, 1.54) is 0 Å². The summed E-state index contributed by atoms with van der Waals surface area (Å²) in [5.41, 5.74) is 7.35. The molecule has 2 heterocycles. The fourth-order valence-electron chi connectivity index (χ4n) is 2.02. The first-order valence-corrected chi connectivity index (χ1v) is 6.04. The third-order valence-electron chi connectivity index (χ3n) is 3.81. The zero-order valence-corrected chi connectivity index (χ0v) is 11.1. The Bertz CT molecular complexity index is 457. The van der Waals surface area contributed by atoms with E-state index in [1.807, 2.05) is 20.9 Å². The molecule has 1 aromatic rings. The maximum Gasteiger partial charge on any atom is 0.230 e. The highest BCUT2D eigenvalue weighted by molar-refractivity contribution is 5.83. The number of carbonyl (C=O) groups is 1. The van der Waals surface area contributed by atoms with E-state index in [4.69, 9.17) is 10.5 Å². The summed E-state index contributed by atoms with van der Waals surface area (Å²) in [6.45, 7) is 5.11. The molecule has 6 nitrogen and oxygen atoms in total. The maximum absolute atomic E-state index is 12.2. The summed E-state index contributed by atoms with van der Waals surface area (Å²) in [4.78, 5) is 12.2. The predicted octanol–water partition coefficient (Wildman–Crippen LogP) is -0.291. The van der Waals surface area contributed by atoms with Crippen LogP contribution in [-0.4, -0.2) is 34.9 Å². The normalized spacial score (nSPS) is 27.4. The van der Waals surface area contributed by atoms with Gasteiger partial charge in [-0.2, -0.15) is 5.10 Å². The number of nitrogens with zero attached hydrogens (tertiary/aromatic N) is 2. The van der Waals surface area contributed by atoms with Crippen LogP contribution >= 0.6 is 0 Å². The van der Waals surface area contributed by atoms with Gasteiger partial charge in [0, 0.05) is 30.9 Å². The zero-order valence-electron chi connectivity index (χ0n) is 11.1. The Balaban J connectivity index is 1.98. The molecule has 3 N–H and O–H groups in total. The molecular weight excluding hydrogens is 232 g/mol. The minimum Gasteiger partial charge on any atom is -0.379 e. The van der Waals surface area contributed by atoms with Crippen LogP contribution < -0.4 is 11.1 Å². The first-order chi connectivity index (χ1) is 8.45. The van der Waals surface area contributed by atoms with Crippen LogP contribution in [0, 0.1) is 12.3 Å². The number of rotatable bonds is 3. The maximum atomic E-state index is 12.2. The van der Waals surface area contributed by atoms with Gasteiger partial charge in [-0.05, 0) is 13.8 Å². The lowest BCUT2D eigenvalue weighted by atomic mass is 9.85. The standard InChI is InChI=1S/C12H20N4O2/c1-8-9(5-15-16(8)3)4-14-11(17)12(2)7-18-6-10(12)13/h5,10H,4,6-7,13H2,1-3H3,(H,14,17). The van der Waals surface area contributed by atoms with Crippen LogP contribution in [-0.2, 0) is 23.1 Å². The molecule has 0 bridgehead atoms. The monoisotopic (exact) mass is 252 g/mol. The molecule has 2 rings (SSSR count). The van der Waals surface area contributed by atoms with Gasteiger partial charge in [-0.25, -0.2) is 0 Å². The van der Waals surface area contributed by atoms with E-state index in [2.05, 4.69) is 10.4 Å². The van der Waals surface area contributed by atoms with Crippen molar-refractivity contribution in [3.63, 3.8) is 0 Å². The zero-order chi connectivity index (χ0) is 13.3. The van der Waals surface area contributed by atoms with E-state index in [1.54, 1.807) is 10.9 Å². The number of nitrogens with two attached hydrogens (primary N) is 1. The largest absolute Gasteiger partial charge is 0.379 e. The molecule has 100 valence electrons. The summed E-state index contributed by atoms with van der Waals surface area (Å²) in [6.07, 6.45) is 1.77. The van der Waals surface area contributed by atoms with Gasteiger partial charge < -0.3 is 15.8 Å². The van der Waals surface area contributed by atoms with Gasteiger partial charge in [0.05, 0.1) is 24.8 Å². The number of hydrogen-bond acceptors (Lipinski definition) is 4. The molecule has 0 saturated carbocycles. The van der Waals surface area contributed by atoms with E-state index >= 15 is 0 Å². The molecule has 1 aromatic heterocycles. The van der Waals surface area contributed by atoms with Crippen molar-refractivity contribution in [1.29, 1.82) is 0 Å². The third kappa shape index (κ3) is 2.13. The van der Waals surface area contributed by atoms with Crippen LogP contribution in [0.25, 0.3) is 0 Å². The van der Waals surface area contributed by atoms with Gasteiger partial charge in [0.15, 0.2) is 0 Å². The Morgan fingerprint density at radius 1 is 1.78 bits per heavy atom. The van der Waals surface area contributed by atoms with E-state index in [-0.39, 0.29) is 11.9 Å². The number of aromatic nitrogens is 2. The van der Waals surface area contributed by atoms with E-state index in [0.717, 1.165) is 11.3 Å². The molecular formula is C12H20N4O2. The number of amides is 1. The van der Waals surface area contributed by atoms with Gasteiger partial charge in [0.25, 0.3) is 0 Å². The number of hydrogen-bond donors (Lipinski definition) is 2. The van der Waals surface area contributed by atoms with Crippen LogP contribution in [0.3, 0.4) is 0 Å². The summed E-state index contributed by atoms with van der Waals surface area (Å²) >= 11 is 0. The van der Waals surface area contributed by atoms with Crippen molar-refractivity contribution >= 4 is 5.91 Å². The second-order valence-corrected chi connectivity index (χ2v) is 5.10. The van der Waals surface area contributed by atoms with Gasteiger partial charge in [-0.15, -0.1) is 0 Å². The molecule has 2 unspecified atom stereocenters. The molecule has 2 atom stereocenters. The van der Waals surface area contributed by atoms with Gasteiger partial charge in [-0.1, -0.05) is 0 Å². The van der Waals surface area contributed by atoms with Gasteiger partial charge in [0.1, 0.15) is 0 Å². The lowest BCUT2D eigenvalue weighted by Gasteiger charge is -2.25. The lowest BCUT2D eigenvalue weighted by molar-refractivity contribution is -0.130. The molecule has 1 saturated heterocycles. The molecule has 0 radical (unpaired) electrons. The quantitative estimate of drug-likeness (QED) is 0.774. The molecule has 1 amide bonds. The average molecular weight is 252 g/mol. The molecule has 1 aliphatic heterocycles. The van der Waals surface area contributed by atoms with Crippen molar-refractivity contribution < 1.29 is 9.53 Å². The fourth-order valence-corrected chi connectivity index (χ4v) is 2.02. The Labute approximate surface area is 106 Å². The number of nitrogens with one attached hydrogen (secondary N) is 1. The van der Waals surface area contributed by atoms with Crippen LogP contribution in [0.5, 0.6) is 0 Å². The Hall–Kier alpha value is -1.40. The summed E-state index contributed by atoms with van der Waals surface area (Å²) in [5.74, 6) is -0.0595. The van der Waals surface area contributed by atoms with Crippen LogP contribution in [0.2, 0.25) is 0 Å². The predicted molar refractivity (Wildman–Crippen MR) is 66.7 cm³/mol. The van der Waals surface area contributed by atoms with Crippen LogP contribution in [0.1, 0.15) is 18.2 Å². The smallest absolute Gasteiger partial charge is 0.230 e. The van der Waals surface area contributed by atoms with Gasteiger partial charge in [-0.3, -0.25) is 9.48 Å². The highest BCUT2D eigenvalue weighted by Crippen LogP contribution is 2.27. The van der Waals surface area contributed by atoms with Crippen LogP contribution in [0.15, 0.2) is 6.20 Å². The highest BCUT2D eigenvalue weighted by Gasteiger charge is 2.44. The van der Waals surface area contributed by atoms with E-state index < -0.39 is 5.41 Å². The number of aryl methyl sites for hydroxylation is 1. The van der Waals surface area contributed by atoms with Gasteiger partial charge in [0.2, 0.25) is 5.91 Å². The SMILES string of the molecule is Cc1c(CNC(=O)C2(C)COCC2N)cnn1C. The fraction of sp³-hybridized carbons (Fsp3) is 0.667. The Morgan fingerprint density at radius 2 is 2.50 bits per heavy atom. The second kappa shape index (κ2) is 4.70. The molecule has 0 spiro atoms. The van der Waals surface area contributed by atoms with Crippen molar-refractivity contribution in [2.75, 3.05) is 13.2 Å². The Kier molecular flexibility index (Phi) is 3.41. The first-order valence-electron chi connectivity index (χ1n) is 6.04. The van der Waals surface area contributed by atoms with Crippen molar-refractivity contribution in [2.24, 2.45) is 18.2 Å². The van der Waals surface area contributed by atoms with Crippen molar-refractivity contribution in [1.82, 2.24) is 15.1 Å². The number of carbonyl (C=O) groups excluding carboxylic acids is 1. The number of ether oxygens (including phenoxy) is 1. The van der Waals surface area contributed by atoms with E-state index in [9.17, 15) is 4.79 Å². The summed E-state index contributed by atoms with van der Waals surface area (Å²) < 4.78 is 7.06. The molecule has 1 aliphatic rings. The molecule has 0 aromatic carbocycles. The molecule has 18 heavy (non-hydrogen) atoms. The Morgan fingerprint density at radius 3 is 3.00 bits per heavy atom. The van der Waals surface area contributed by atoms with Crippen LogP contribution in [0.4, 0.5) is 0 Å². The highest BCUT2D eigenvalue weighted by atomic mass is 16.5. The molecule has 0 aliphatic carbocycles. The summed E-state index contributed by atoms with van der Waals surface area (Å²) in [6, 6.07) is -0.243. The minimum atomic E-state index is -0.629. The summed E-state index contributed by atoms with van der Waals surface area (Å²) in [7, 11) is 1.88. The first kappa shape index (κ1) is 13.0. The van der Waals surface area contributed by atoms with E-state index in [0.29, 0.717) is 19.8 Å². The van der Waals surface area contributed by atoms with Crippen molar-refractivity contribution in [3.8, 4) is 0 Å². The molecule has 6 heteroatoms. The second-order valence-electron chi connectivity index (χ2n) is 5.10. The third-order valence-corrected chi connectivity index (χ3v) is 3.81. The van der Waals surface area contributed by atoms with Crippen molar-refractivity contribution in [3.05, 3.63) is 17.5 Å². The topological polar surface area (TPSA) is 82.2 Å². The minimum absolute atomic E-state index is 0.0595. The molecule has 1 fully saturated rings. The van der Waals surface area contributed by atoms with Gasteiger partial charge >= 0.3 is 0 Å². The lowest BCUT2D eigenvalue weighted by Crippen LogP contribution is -2.49.